The van der Waals surface area contributed by atoms with Crippen molar-refractivity contribution in [2.75, 3.05) is 7.11 Å². The van der Waals surface area contributed by atoms with Crippen LogP contribution < -0.4 is 0 Å². The van der Waals surface area contributed by atoms with E-state index in [2.05, 4.69) is 0 Å². The molecule has 0 heterocycles. The average Bonchev–Trinajstić information content (AvgIpc) is 2.37. The Morgan fingerprint density at radius 2 is 2.08 bits per heavy atom. The number of ether oxygens (including phenoxy) is 1. The maximum atomic E-state index is 11.6. The Hall–Kier alpha value is -0.570. The Kier molecular flexibility index (Phi) is 1.88. The molecular weight excluding hydrogens is 168 g/mol. The van der Waals surface area contributed by atoms with Crippen LogP contribution in [0.1, 0.15) is 38.5 Å². The number of esters is 1. The van der Waals surface area contributed by atoms with Crippen molar-refractivity contribution in [3.05, 3.63) is 0 Å². The molecule has 1 N–H and O–H groups in total. The molecule has 13 heavy (non-hydrogen) atoms. The molecule has 0 aliphatic heterocycles. The number of rotatable bonds is 1. The fourth-order valence-corrected chi connectivity index (χ4v) is 2.95. The van der Waals surface area contributed by atoms with Gasteiger partial charge in [0.25, 0.3) is 0 Å². The summed E-state index contributed by atoms with van der Waals surface area (Å²) in [7, 11) is 1.43. The Bertz CT molecular complexity index is 238. The summed E-state index contributed by atoms with van der Waals surface area (Å²) in [6.45, 7) is 0. The van der Waals surface area contributed by atoms with Crippen LogP contribution in [0.25, 0.3) is 0 Å². The van der Waals surface area contributed by atoms with Gasteiger partial charge < -0.3 is 9.84 Å². The largest absolute Gasteiger partial charge is 0.469 e. The second kappa shape index (κ2) is 2.71. The highest BCUT2D eigenvalue weighted by Gasteiger charge is 2.54. The first-order valence-electron chi connectivity index (χ1n) is 4.91. The van der Waals surface area contributed by atoms with Crippen LogP contribution in [0.3, 0.4) is 0 Å². The van der Waals surface area contributed by atoms with Crippen LogP contribution in [0.5, 0.6) is 0 Å². The zero-order chi connectivity index (χ0) is 9.53. The van der Waals surface area contributed by atoms with Crippen molar-refractivity contribution in [1.82, 2.24) is 0 Å². The van der Waals surface area contributed by atoms with Gasteiger partial charge in [0.05, 0.1) is 18.1 Å². The third-order valence-electron chi connectivity index (χ3n) is 3.65. The van der Waals surface area contributed by atoms with Crippen LogP contribution in [-0.2, 0) is 9.53 Å². The summed E-state index contributed by atoms with van der Waals surface area (Å²) in [5, 5.41) is 10.0. The maximum absolute atomic E-state index is 11.6. The summed E-state index contributed by atoms with van der Waals surface area (Å²) in [6, 6.07) is 0. The minimum atomic E-state index is -0.563. The molecular formula is C10H16O3. The van der Waals surface area contributed by atoms with Crippen LogP contribution in [0.4, 0.5) is 0 Å². The molecule has 0 spiro atoms. The third kappa shape index (κ3) is 1.26. The van der Waals surface area contributed by atoms with E-state index < -0.39 is 5.60 Å². The quantitative estimate of drug-likeness (QED) is 0.624. The Morgan fingerprint density at radius 3 is 2.77 bits per heavy atom. The van der Waals surface area contributed by atoms with Gasteiger partial charge in [-0.25, -0.2) is 0 Å². The molecule has 2 aliphatic carbocycles. The van der Waals surface area contributed by atoms with E-state index in [-0.39, 0.29) is 11.4 Å². The van der Waals surface area contributed by atoms with Crippen LogP contribution in [-0.4, -0.2) is 23.8 Å². The first-order chi connectivity index (χ1) is 6.10. The molecule has 3 heteroatoms. The van der Waals surface area contributed by atoms with E-state index in [0.29, 0.717) is 6.42 Å². The van der Waals surface area contributed by atoms with Crippen molar-refractivity contribution in [1.29, 1.82) is 0 Å². The smallest absolute Gasteiger partial charge is 0.311 e. The van der Waals surface area contributed by atoms with Gasteiger partial charge in [0.2, 0.25) is 0 Å². The van der Waals surface area contributed by atoms with Crippen molar-refractivity contribution in [3.63, 3.8) is 0 Å². The van der Waals surface area contributed by atoms with Gasteiger partial charge in [-0.1, -0.05) is 0 Å². The first kappa shape index (κ1) is 9.00. The van der Waals surface area contributed by atoms with Crippen molar-refractivity contribution < 1.29 is 14.6 Å². The second-order valence-electron chi connectivity index (χ2n) is 4.53. The molecule has 3 nitrogen and oxygen atoms in total. The standard InChI is InChI=1S/C10H16O3/c1-13-8(11)9-3-2-4-10(12,7-9)6-5-9/h12H,2-7H2,1H3/t9-,10+/m1/s1. The van der Waals surface area contributed by atoms with Crippen molar-refractivity contribution in [2.24, 2.45) is 5.41 Å². The van der Waals surface area contributed by atoms with E-state index in [1.54, 1.807) is 0 Å². The highest BCUT2D eigenvalue weighted by Crippen LogP contribution is 2.54. The molecule has 0 saturated heterocycles. The summed E-state index contributed by atoms with van der Waals surface area (Å²) in [5.41, 5.74) is -0.909. The Balaban J connectivity index is 2.21. The fourth-order valence-electron chi connectivity index (χ4n) is 2.95. The molecule has 0 unspecified atom stereocenters. The Labute approximate surface area is 78.1 Å². The summed E-state index contributed by atoms with van der Waals surface area (Å²) >= 11 is 0. The number of aliphatic hydroxyl groups is 1. The number of hydrogen-bond acceptors (Lipinski definition) is 3. The van der Waals surface area contributed by atoms with Crippen molar-refractivity contribution in [2.45, 2.75) is 44.1 Å². The number of hydrogen-bond donors (Lipinski definition) is 1. The van der Waals surface area contributed by atoms with Gasteiger partial charge in [-0.15, -0.1) is 0 Å². The molecule has 2 saturated carbocycles. The van der Waals surface area contributed by atoms with Crippen LogP contribution >= 0.6 is 0 Å². The van der Waals surface area contributed by atoms with Gasteiger partial charge in [-0.3, -0.25) is 4.79 Å². The fraction of sp³-hybridized carbons (Fsp3) is 0.900. The zero-order valence-corrected chi connectivity index (χ0v) is 8.01. The molecule has 0 aromatic carbocycles. The lowest BCUT2D eigenvalue weighted by Crippen LogP contribution is -2.37. The number of carbonyl (C=O) groups is 1. The molecule has 2 bridgehead atoms. The maximum Gasteiger partial charge on any atom is 0.311 e. The van der Waals surface area contributed by atoms with E-state index in [1.165, 1.54) is 7.11 Å². The van der Waals surface area contributed by atoms with E-state index in [4.69, 9.17) is 4.74 Å². The van der Waals surface area contributed by atoms with E-state index in [1.807, 2.05) is 0 Å². The summed E-state index contributed by atoms with van der Waals surface area (Å²) in [5.74, 6) is -0.122. The van der Waals surface area contributed by atoms with Gasteiger partial charge in [0, 0.05) is 0 Å². The van der Waals surface area contributed by atoms with Gasteiger partial charge in [0.1, 0.15) is 0 Å². The molecule has 2 fully saturated rings. The zero-order valence-electron chi connectivity index (χ0n) is 8.01. The van der Waals surface area contributed by atoms with E-state index in [0.717, 1.165) is 32.1 Å². The van der Waals surface area contributed by atoms with Crippen LogP contribution in [0, 0.1) is 5.41 Å². The lowest BCUT2D eigenvalue weighted by molar-refractivity contribution is -0.156. The molecule has 2 aliphatic rings. The van der Waals surface area contributed by atoms with Gasteiger partial charge >= 0.3 is 5.97 Å². The lowest BCUT2D eigenvalue weighted by Gasteiger charge is -2.34. The highest BCUT2D eigenvalue weighted by molar-refractivity contribution is 5.77. The average molecular weight is 184 g/mol. The van der Waals surface area contributed by atoms with Gasteiger partial charge in [0.15, 0.2) is 0 Å². The second-order valence-corrected chi connectivity index (χ2v) is 4.53. The molecule has 0 radical (unpaired) electrons. The van der Waals surface area contributed by atoms with E-state index >= 15 is 0 Å². The number of methoxy groups -OCH3 is 1. The van der Waals surface area contributed by atoms with Crippen LogP contribution in [0.2, 0.25) is 0 Å². The SMILES string of the molecule is COC(=O)[C@]12CCC[C@](O)(CC1)C2. The summed E-state index contributed by atoms with van der Waals surface area (Å²) in [4.78, 5) is 11.6. The monoisotopic (exact) mass is 184 g/mol. The molecule has 2 rings (SSSR count). The highest BCUT2D eigenvalue weighted by atomic mass is 16.5. The van der Waals surface area contributed by atoms with Crippen molar-refractivity contribution >= 4 is 5.97 Å². The van der Waals surface area contributed by atoms with Gasteiger partial charge in [-0.2, -0.15) is 0 Å². The third-order valence-corrected chi connectivity index (χ3v) is 3.65. The minimum Gasteiger partial charge on any atom is -0.469 e. The first-order valence-corrected chi connectivity index (χ1v) is 4.91. The van der Waals surface area contributed by atoms with Gasteiger partial charge in [-0.05, 0) is 38.5 Å². The van der Waals surface area contributed by atoms with Crippen LogP contribution in [0.15, 0.2) is 0 Å². The summed E-state index contributed by atoms with van der Waals surface area (Å²) < 4.78 is 4.81. The van der Waals surface area contributed by atoms with Crippen molar-refractivity contribution in [3.8, 4) is 0 Å². The Morgan fingerprint density at radius 1 is 1.31 bits per heavy atom. The van der Waals surface area contributed by atoms with E-state index in [9.17, 15) is 9.90 Å². The normalized spacial score (nSPS) is 43.2. The summed E-state index contributed by atoms with van der Waals surface area (Å²) in [6.07, 6.45) is 4.88. The minimum absolute atomic E-state index is 0.122. The lowest BCUT2D eigenvalue weighted by atomic mass is 9.74. The predicted molar refractivity (Wildman–Crippen MR) is 47.1 cm³/mol. The molecule has 0 aromatic rings. The predicted octanol–water partition coefficient (Wildman–Crippen LogP) is 1.24. The molecule has 2 atom stereocenters. The topological polar surface area (TPSA) is 46.5 Å². The molecule has 0 amide bonds. The number of fused-ring (bicyclic) bond motifs is 2. The number of carbonyl (C=O) groups excluding carboxylic acids is 1. The molecule has 0 aromatic heterocycles. The molecule has 74 valence electrons.